The molecule has 126 valence electrons. The Bertz CT molecular complexity index is 1080. The highest BCUT2D eigenvalue weighted by molar-refractivity contribution is 5.61. The third-order valence-electron chi connectivity index (χ3n) is 4.10. The number of nitrogens with two attached hydrogens (primary N) is 2. The Balaban J connectivity index is 1.84. The molecule has 0 spiro atoms. The Kier molecular flexibility index (Phi) is 3.42. The molecule has 7 nitrogen and oxygen atoms in total. The van der Waals surface area contributed by atoms with Gasteiger partial charge in [0.1, 0.15) is 5.76 Å². The maximum Gasteiger partial charge on any atom is 0.224 e. The predicted octanol–water partition coefficient (Wildman–Crippen LogP) is 2.76. The summed E-state index contributed by atoms with van der Waals surface area (Å²) in [7, 11) is 0. The Morgan fingerprint density at radius 1 is 1.04 bits per heavy atom. The van der Waals surface area contributed by atoms with E-state index in [2.05, 4.69) is 21.1 Å². The van der Waals surface area contributed by atoms with Gasteiger partial charge in [0.05, 0.1) is 6.20 Å². The molecule has 7 heteroatoms. The summed E-state index contributed by atoms with van der Waals surface area (Å²) < 4.78 is 7.32. The van der Waals surface area contributed by atoms with Crippen LogP contribution in [0.2, 0.25) is 0 Å². The SMILES string of the molecule is Cc1ccc(N)c(Cc2cnn3c(-c4ccc(C)o4)nc(N)nc23)c1. The van der Waals surface area contributed by atoms with Gasteiger partial charge in [0, 0.05) is 17.7 Å². The van der Waals surface area contributed by atoms with Crippen molar-refractivity contribution in [2.24, 2.45) is 0 Å². The van der Waals surface area contributed by atoms with Crippen LogP contribution in [0.1, 0.15) is 22.5 Å². The van der Waals surface area contributed by atoms with Crippen LogP contribution < -0.4 is 11.5 Å². The molecule has 0 atom stereocenters. The van der Waals surface area contributed by atoms with Crippen LogP contribution in [0.5, 0.6) is 0 Å². The zero-order chi connectivity index (χ0) is 17.6. The molecule has 0 bridgehead atoms. The number of nitrogens with zero attached hydrogens (tertiary/aromatic N) is 4. The number of furan rings is 1. The van der Waals surface area contributed by atoms with Crippen molar-refractivity contribution in [2.75, 3.05) is 11.5 Å². The zero-order valence-electron chi connectivity index (χ0n) is 14.0. The molecule has 0 saturated carbocycles. The average Bonchev–Trinajstić information content (AvgIpc) is 3.17. The number of hydrogen-bond donors (Lipinski definition) is 2. The van der Waals surface area contributed by atoms with Gasteiger partial charge >= 0.3 is 0 Å². The van der Waals surface area contributed by atoms with E-state index >= 15 is 0 Å². The second kappa shape index (κ2) is 5.62. The number of aryl methyl sites for hydroxylation is 2. The highest BCUT2D eigenvalue weighted by atomic mass is 16.3. The van der Waals surface area contributed by atoms with Crippen molar-refractivity contribution in [1.82, 2.24) is 19.6 Å². The van der Waals surface area contributed by atoms with Gasteiger partial charge in [-0.05, 0) is 37.6 Å². The summed E-state index contributed by atoms with van der Waals surface area (Å²) >= 11 is 0. The standard InChI is InChI=1S/C18H18N6O/c1-10-3-5-14(19)12(7-10)8-13-9-21-24-16(13)22-18(20)23-17(24)15-6-4-11(2)25-15/h3-7,9H,8,19H2,1-2H3,(H2,20,22). The summed E-state index contributed by atoms with van der Waals surface area (Å²) in [6, 6.07) is 9.69. The molecule has 4 aromatic rings. The van der Waals surface area contributed by atoms with E-state index in [1.165, 1.54) is 0 Å². The number of anilines is 2. The van der Waals surface area contributed by atoms with Gasteiger partial charge in [0.15, 0.2) is 11.4 Å². The van der Waals surface area contributed by atoms with Crippen molar-refractivity contribution in [3.05, 3.63) is 59.0 Å². The van der Waals surface area contributed by atoms with Crippen molar-refractivity contribution in [3.63, 3.8) is 0 Å². The van der Waals surface area contributed by atoms with Gasteiger partial charge in [-0.1, -0.05) is 17.7 Å². The lowest BCUT2D eigenvalue weighted by Crippen LogP contribution is -2.05. The Morgan fingerprint density at radius 3 is 2.64 bits per heavy atom. The quantitative estimate of drug-likeness (QED) is 0.558. The molecule has 0 aliphatic rings. The predicted molar refractivity (Wildman–Crippen MR) is 96.0 cm³/mol. The molecule has 1 aromatic carbocycles. The van der Waals surface area contributed by atoms with Gasteiger partial charge in [-0.15, -0.1) is 0 Å². The summed E-state index contributed by atoms with van der Waals surface area (Å²) in [6.07, 6.45) is 2.38. The number of rotatable bonds is 3. The van der Waals surface area contributed by atoms with Crippen molar-refractivity contribution >= 4 is 17.3 Å². The number of hydrogen-bond acceptors (Lipinski definition) is 6. The first-order valence-corrected chi connectivity index (χ1v) is 7.93. The number of benzene rings is 1. The van der Waals surface area contributed by atoms with E-state index in [1.807, 2.05) is 38.1 Å². The molecule has 0 amide bonds. The second-order valence-corrected chi connectivity index (χ2v) is 6.10. The fourth-order valence-corrected chi connectivity index (χ4v) is 2.87. The Hall–Kier alpha value is -3.35. The van der Waals surface area contributed by atoms with E-state index in [9.17, 15) is 0 Å². The zero-order valence-corrected chi connectivity index (χ0v) is 14.0. The Labute approximate surface area is 144 Å². The van der Waals surface area contributed by atoms with Crippen LogP contribution in [0.3, 0.4) is 0 Å². The van der Waals surface area contributed by atoms with E-state index in [4.69, 9.17) is 15.9 Å². The summed E-state index contributed by atoms with van der Waals surface area (Å²) in [5, 5.41) is 4.43. The molecular weight excluding hydrogens is 316 g/mol. The molecule has 0 aliphatic carbocycles. The van der Waals surface area contributed by atoms with E-state index in [0.29, 0.717) is 23.7 Å². The minimum absolute atomic E-state index is 0.176. The van der Waals surface area contributed by atoms with E-state index in [1.54, 1.807) is 10.7 Å². The van der Waals surface area contributed by atoms with Crippen LogP contribution in [0.4, 0.5) is 11.6 Å². The first-order chi connectivity index (χ1) is 12.0. The molecule has 4 N–H and O–H groups in total. The van der Waals surface area contributed by atoms with Crippen molar-refractivity contribution in [3.8, 4) is 11.6 Å². The van der Waals surface area contributed by atoms with Crippen LogP contribution in [-0.4, -0.2) is 19.6 Å². The molecule has 0 unspecified atom stereocenters. The van der Waals surface area contributed by atoms with Gasteiger partial charge in [-0.2, -0.15) is 19.6 Å². The number of fused-ring (bicyclic) bond motifs is 1. The lowest BCUT2D eigenvalue weighted by molar-refractivity contribution is 0.541. The maximum absolute atomic E-state index is 6.10. The van der Waals surface area contributed by atoms with Gasteiger partial charge in [0.2, 0.25) is 11.8 Å². The topological polar surface area (TPSA) is 108 Å². The molecular formula is C18H18N6O. The van der Waals surface area contributed by atoms with Crippen LogP contribution in [0.25, 0.3) is 17.2 Å². The first kappa shape index (κ1) is 15.2. The molecule has 25 heavy (non-hydrogen) atoms. The van der Waals surface area contributed by atoms with Gasteiger partial charge in [0.25, 0.3) is 0 Å². The summed E-state index contributed by atoms with van der Waals surface area (Å²) in [6.45, 7) is 3.91. The van der Waals surface area contributed by atoms with E-state index < -0.39 is 0 Å². The molecule has 0 fully saturated rings. The monoisotopic (exact) mass is 334 g/mol. The van der Waals surface area contributed by atoms with Crippen molar-refractivity contribution < 1.29 is 4.42 Å². The lowest BCUT2D eigenvalue weighted by Gasteiger charge is -2.07. The fraction of sp³-hybridized carbons (Fsp3) is 0.167. The minimum atomic E-state index is 0.176. The Morgan fingerprint density at radius 2 is 1.88 bits per heavy atom. The van der Waals surface area contributed by atoms with Gasteiger partial charge in [-0.25, -0.2) is 0 Å². The number of aromatic nitrogens is 4. The molecule has 0 saturated heterocycles. The summed E-state index contributed by atoms with van der Waals surface area (Å²) in [5.74, 6) is 2.09. The van der Waals surface area contributed by atoms with Crippen LogP contribution >= 0.6 is 0 Å². The third-order valence-corrected chi connectivity index (χ3v) is 4.10. The lowest BCUT2D eigenvalue weighted by atomic mass is 10.0. The van der Waals surface area contributed by atoms with Gasteiger partial charge in [-0.3, -0.25) is 0 Å². The average molecular weight is 334 g/mol. The fourth-order valence-electron chi connectivity index (χ4n) is 2.87. The smallest absolute Gasteiger partial charge is 0.224 e. The highest BCUT2D eigenvalue weighted by Gasteiger charge is 2.16. The van der Waals surface area contributed by atoms with Gasteiger partial charge < -0.3 is 15.9 Å². The maximum atomic E-state index is 6.10. The molecule has 0 radical (unpaired) electrons. The van der Waals surface area contributed by atoms with E-state index in [-0.39, 0.29) is 5.95 Å². The van der Waals surface area contributed by atoms with E-state index in [0.717, 1.165) is 28.1 Å². The highest BCUT2D eigenvalue weighted by Crippen LogP contribution is 2.25. The first-order valence-electron chi connectivity index (χ1n) is 7.93. The second-order valence-electron chi connectivity index (χ2n) is 6.10. The minimum Gasteiger partial charge on any atom is -0.458 e. The largest absolute Gasteiger partial charge is 0.458 e. The van der Waals surface area contributed by atoms with Crippen molar-refractivity contribution in [2.45, 2.75) is 20.3 Å². The molecule has 3 heterocycles. The number of nitrogen functional groups attached to an aromatic ring is 2. The normalized spacial score (nSPS) is 11.3. The van der Waals surface area contributed by atoms with Crippen molar-refractivity contribution in [1.29, 1.82) is 0 Å². The van der Waals surface area contributed by atoms with Crippen LogP contribution in [-0.2, 0) is 6.42 Å². The summed E-state index contributed by atoms with van der Waals surface area (Å²) in [5.41, 5.74) is 16.5. The summed E-state index contributed by atoms with van der Waals surface area (Å²) in [4.78, 5) is 8.65. The molecule has 0 aliphatic heterocycles. The third kappa shape index (κ3) is 2.69. The van der Waals surface area contributed by atoms with Crippen LogP contribution in [0, 0.1) is 13.8 Å². The van der Waals surface area contributed by atoms with Crippen LogP contribution in [0.15, 0.2) is 40.9 Å². The molecule has 4 rings (SSSR count). The molecule has 3 aromatic heterocycles.